The first-order chi connectivity index (χ1) is 6.33. The molecule has 0 unspecified atom stereocenters. The fourth-order valence-electron chi connectivity index (χ4n) is 1.50. The molecule has 0 aromatic rings. The van der Waals surface area contributed by atoms with Crippen LogP contribution in [-0.2, 0) is 9.53 Å². The van der Waals surface area contributed by atoms with E-state index < -0.39 is 0 Å². The van der Waals surface area contributed by atoms with Crippen molar-refractivity contribution in [1.82, 2.24) is 4.90 Å². The maximum Gasteiger partial charge on any atom is 0.320 e. The average Bonchev–Trinajstić information content (AvgIpc) is 2.16. The minimum Gasteiger partial charge on any atom is -0.461 e. The van der Waals surface area contributed by atoms with Gasteiger partial charge in [0.1, 0.15) is 6.61 Å². The molecule has 1 aliphatic heterocycles. The number of nitrogens with zero attached hydrogens (tertiary/aromatic N) is 1. The van der Waals surface area contributed by atoms with Crippen molar-refractivity contribution >= 4 is 5.97 Å². The van der Waals surface area contributed by atoms with Gasteiger partial charge in [-0.25, -0.2) is 0 Å². The summed E-state index contributed by atoms with van der Waals surface area (Å²) in [6.07, 6.45) is 5.29. The molecule has 0 N–H and O–H groups in total. The molecule has 1 rings (SSSR count). The largest absolute Gasteiger partial charge is 0.461 e. The zero-order chi connectivity index (χ0) is 9.52. The summed E-state index contributed by atoms with van der Waals surface area (Å²) in [6, 6.07) is 0. The molecule has 1 fully saturated rings. The van der Waals surface area contributed by atoms with E-state index in [9.17, 15) is 4.79 Å². The fraction of sp³-hybridized carbons (Fsp3) is 0.700. The Morgan fingerprint density at radius 3 is 2.69 bits per heavy atom. The molecule has 0 atom stereocenters. The minimum atomic E-state index is -0.137. The Kier molecular flexibility index (Phi) is 4.54. The normalized spacial score (nSPS) is 18.2. The summed E-state index contributed by atoms with van der Waals surface area (Å²) in [5.74, 6) is -0.137. The van der Waals surface area contributed by atoms with Gasteiger partial charge < -0.3 is 4.74 Å². The molecule has 0 bridgehead atoms. The Morgan fingerprint density at radius 2 is 2.08 bits per heavy atom. The van der Waals surface area contributed by atoms with Crippen LogP contribution in [0.2, 0.25) is 0 Å². The van der Waals surface area contributed by atoms with Crippen molar-refractivity contribution in [3.63, 3.8) is 0 Å². The highest BCUT2D eigenvalue weighted by molar-refractivity contribution is 5.71. The molecule has 3 heteroatoms. The van der Waals surface area contributed by atoms with Gasteiger partial charge >= 0.3 is 5.97 Å². The van der Waals surface area contributed by atoms with Gasteiger partial charge in [0.05, 0.1) is 6.54 Å². The summed E-state index contributed by atoms with van der Waals surface area (Å²) in [7, 11) is 0. The van der Waals surface area contributed by atoms with Crippen molar-refractivity contribution in [2.45, 2.75) is 19.3 Å². The van der Waals surface area contributed by atoms with Crippen molar-refractivity contribution < 1.29 is 9.53 Å². The van der Waals surface area contributed by atoms with Crippen molar-refractivity contribution in [1.29, 1.82) is 0 Å². The number of rotatable bonds is 4. The van der Waals surface area contributed by atoms with Crippen LogP contribution in [0.1, 0.15) is 19.3 Å². The molecule has 0 spiro atoms. The van der Waals surface area contributed by atoms with Crippen molar-refractivity contribution in [2.75, 3.05) is 26.2 Å². The molecule has 13 heavy (non-hydrogen) atoms. The average molecular weight is 183 g/mol. The second-order valence-corrected chi connectivity index (χ2v) is 3.31. The van der Waals surface area contributed by atoms with E-state index in [1.807, 2.05) is 0 Å². The molecule has 0 saturated carbocycles. The number of hydrogen-bond donors (Lipinski definition) is 0. The van der Waals surface area contributed by atoms with E-state index in [-0.39, 0.29) is 5.97 Å². The smallest absolute Gasteiger partial charge is 0.320 e. The molecule has 1 heterocycles. The van der Waals surface area contributed by atoms with Crippen LogP contribution < -0.4 is 0 Å². The van der Waals surface area contributed by atoms with Crippen LogP contribution >= 0.6 is 0 Å². The van der Waals surface area contributed by atoms with Crippen LogP contribution in [0.4, 0.5) is 0 Å². The zero-order valence-electron chi connectivity index (χ0n) is 8.00. The standard InChI is InChI=1S/C10H17NO2/c1-2-8-13-10(12)9-11-6-4-3-5-7-11/h2H,1,3-9H2. The van der Waals surface area contributed by atoms with E-state index in [1.165, 1.54) is 19.3 Å². The SMILES string of the molecule is C=CCOC(=O)CN1CCCCC1. The maximum atomic E-state index is 11.2. The zero-order valence-corrected chi connectivity index (χ0v) is 8.00. The molecule has 0 aromatic heterocycles. The Balaban J connectivity index is 2.14. The Bertz CT molecular complexity index is 174. The lowest BCUT2D eigenvalue weighted by Crippen LogP contribution is -2.35. The molecule has 0 aliphatic carbocycles. The highest BCUT2D eigenvalue weighted by Gasteiger charge is 2.13. The summed E-state index contributed by atoms with van der Waals surface area (Å²) in [5.41, 5.74) is 0. The molecule has 74 valence electrons. The maximum absolute atomic E-state index is 11.2. The molecule has 3 nitrogen and oxygen atoms in total. The van der Waals surface area contributed by atoms with Gasteiger partial charge in [0.15, 0.2) is 0 Å². The lowest BCUT2D eigenvalue weighted by molar-refractivity contribution is -0.143. The fourth-order valence-corrected chi connectivity index (χ4v) is 1.50. The highest BCUT2D eigenvalue weighted by atomic mass is 16.5. The number of esters is 1. The number of carbonyl (C=O) groups excluding carboxylic acids is 1. The number of piperidine rings is 1. The lowest BCUT2D eigenvalue weighted by atomic mass is 10.1. The number of carbonyl (C=O) groups is 1. The molecule has 1 saturated heterocycles. The van der Waals surface area contributed by atoms with Crippen LogP contribution in [0, 0.1) is 0 Å². The van der Waals surface area contributed by atoms with Crippen molar-refractivity contribution in [3.05, 3.63) is 12.7 Å². The van der Waals surface area contributed by atoms with Crippen LogP contribution in [0.3, 0.4) is 0 Å². The van der Waals surface area contributed by atoms with Crippen LogP contribution in [0.25, 0.3) is 0 Å². The quantitative estimate of drug-likeness (QED) is 0.484. The first kappa shape index (κ1) is 10.3. The molecular formula is C10H17NO2. The van der Waals surface area contributed by atoms with Crippen molar-refractivity contribution in [2.24, 2.45) is 0 Å². The predicted octanol–water partition coefficient (Wildman–Crippen LogP) is 1.20. The first-order valence-electron chi connectivity index (χ1n) is 4.82. The topological polar surface area (TPSA) is 29.5 Å². The van der Waals surface area contributed by atoms with Gasteiger partial charge in [-0.1, -0.05) is 19.1 Å². The van der Waals surface area contributed by atoms with E-state index in [2.05, 4.69) is 11.5 Å². The molecule has 0 radical (unpaired) electrons. The van der Waals surface area contributed by atoms with Gasteiger partial charge in [0.25, 0.3) is 0 Å². The molecular weight excluding hydrogens is 166 g/mol. The minimum absolute atomic E-state index is 0.137. The van der Waals surface area contributed by atoms with Gasteiger partial charge in [0.2, 0.25) is 0 Å². The van der Waals surface area contributed by atoms with Gasteiger partial charge in [-0.05, 0) is 25.9 Å². The summed E-state index contributed by atoms with van der Waals surface area (Å²) >= 11 is 0. The third-order valence-corrected chi connectivity index (χ3v) is 2.16. The molecule has 1 aliphatic rings. The van der Waals surface area contributed by atoms with Gasteiger partial charge in [-0.3, -0.25) is 9.69 Å². The van der Waals surface area contributed by atoms with Crippen LogP contribution in [-0.4, -0.2) is 37.1 Å². The monoisotopic (exact) mass is 183 g/mol. The second-order valence-electron chi connectivity index (χ2n) is 3.31. The predicted molar refractivity (Wildman–Crippen MR) is 51.4 cm³/mol. The molecule has 0 aromatic carbocycles. The third kappa shape index (κ3) is 4.08. The Hall–Kier alpha value is -0.830. The Labute approximate surface area is 79.4 Å². The van der Waals surface area contributed by atoms with E-state index in [4.69, 9.17) is 4.74 Å². The molecule has 0 amide bonds. The van der Waals surface area contributed by atoms with E-state index >= 15 is 0 Å². The van der Waals surface area contributed by atoms with Crippen LogP contribution in [0.5, 0.6) is 0 Å². The second kappa shape index (κ2) is 5.75. The summed E-state index contributed by atoms with van der Waals surface area (Å²) in [4.78, 5) is 13.3. The summed E-state index contributed by atoms with van der Waals surface area (Å²) < 4.78 is 4.90. The van der Waals surface area contributed by atoms with Gasteiger partial charge in [-0.2, -0.15) is 0 Å². The van der Waals surface area contributed by atoms with E-state index in [0.717, 1.165) is 13.1 Å². The van der Waals surface area contributed by atoms with Gasteiger partial charge in [-0.15, -0.1) is 0 Å². The summed E-state index contributed by atoms with van der Waals surface area (Å²) in [6.45, 7) is 6.31. The highest BCUT2D eigenvalue weighted by Crippen LogP contribution is 2.07. The summed E-state index contributed by atoms with van der Waals surface area (Å²) in [5, 5.41) is 0. The first-order valence-corrected chi connectivity index (χ1v) is 4.82. The number of likely N-dealkylation sites (tertiary alicyclic amines) is 1. The van der Waals surface area contributed by atoms with Gasteiger partial charge in [0, 0.05) is 0 Å². The number of hydrogen-bond acceptors (Lipinski definition) is 3. The lowest BCUT2D eigenvalue weighted by Gasteiger charge is -2.24. The number of ether oxygens (including phenoxy) is 1. The van der Waals surface area contributed by atoms with E-state index in [1.54, 1.807) is 6.08 Å². The Morgan fingerprint density at radius 1 is 1.38 bits per heavy atom. The third-order valence-electron chi connectivity index (χ3n) is 2.16. The van der Waals surface area contributed by atoms with Crippen molar-refractivity contribution in [3.8, 4) is 0 Å². The van der Waals surface area contributed by atoms with E-state index in [0.29, 0.717) is 13.2 Å². The van der Waals surface area contributed by atoms with Crippen LogP contribution in [0.15, 0.2) is 12.7 Å².